The van der Waals surface area contributed by atoms with Crippen LogP contribution in [0.5, 0.6) is 0 Å². The van der Waals surface area contributed by atoms with Crippen molar-refractivity contribution in [3.8, 4) is 0 Å². The molecule has 3 N–H and O–H groups in total. The highest BCUT2D eigenvalue weighted by molar-refractivity contribution is 5.76. The normalized spacial score (nSPS) is 12.7. The second-order valence-electron chi connectivity index (χ2n) is 20.7. The minimum absolute atomic E-state index is 0.0167. The average Bonchev–Trinajstić information content (AvgIpc) is 3.33. The first-order chi connectivity index (χ1) is 33.0. The fourth-order valence-electron chi connectivity index (χ4n) is 9.39. The summed E-state index contributed by atoms with van der Waals surface area (Å²) in [6, 6.07) is -0.551. The third-order valence-corrected chi connectivity index (χ3v) is 14.0. The van der Waals surface area contributed by atoms with Gasteiger partial charge in [0.1, 0.15) is 0 Å². The van der Waals surface area contributed by atoms with Crippen LogP contribution in [-0.2, 0) is 14.3 Å². The maximum Gasteiger partial charge on any atom is 0.305 e. The van der Waals surface area contributed by atoms with Gasteiger partial charge in [0.25, 0.3) is 0 Å². The van der Waals surface area contributed by atoms with E-state index in [2.05, 4.69) is 43.5 Å². The first kappa shape index (κ1) is 65.3. The van der Waals surface area contributed by atoms with Crippen molar-refractivity contribution >= 4 is 11.9 Å². The summed E-state index contributed by atoms with van der Waals surface area (Å²) in [4.78, 5) is 24.5. The van der Waals surface area contributed by atoms with Crippen molar-refractivity contribution in [2.45, 2.75) is 341 Å². The van der Waals surface area contributed by atoms with Crippen LogP contribution < -0.4 is 5.32 Å². The number of hydrogen-bond acceptors (Lipinski definition) is 5. The molecule has 0 spiro atoms. The van der Waals surface area contributed by atoms with Crippen molar-refractivity contribution in [2.24, 2.45) is 0 Å². The lowest BCUT2D eigenvalue weighted by atomic mass is 10.0. The van der Waals surface area contributed by atoms with Gasteiger partial charge in [-0.3, -0.25) is 9.59 Å². The van der Waals surface area contributed by atoms with Crippen LogP contribution in [0.25, 0.3) is 0 Å². The average molecular weight is 945 g/mol. The summed E-state index contributed by atoms with van der Waals surface area (Å²) in [7, 11) is 0. The Morgan fingerprint density at radius 3 is 1.19 bits per heavy atom. The number of ether oxygens (including phenoxy) is 1. The predicted octanol–water partition coefficient (Wildman–Crippen LogP) is 18.6. The zero-order valence-corrected chi connectivity index (χ0v) is 45.1. The number of nitrogens with one attached hydrogen (secondary N) is 1. The van der Waals surface area contributed by atoms with Crippen molar-refractivity contribution in [3.05, 3.63) is 24.3 Å². The number of carbonyl (C=O) groups is 2. The fourth-order valence-corrected chi connectivity index (χ4v) is 9.39. The van der Waals surface area contributed by atoms with Gasteiger partial charge in [0, 0.05) is 12.8 Å². The maximum atomic E-state index is 12.5. The second-order valence-corrected chi connectivity index (χ2v) is 20.7. The van der Waals surface area contributed by atoms with Crippen LogP contribution in [0.15, 0.2) is 24.3 Å². The molecule has 0 radical (unpaired) electrons. The maximum absolute atomic E-state index is 12.5. The number of esters is 1. The van der Waals surface area contributed by atoms with Gasteiger partial charge in [0.05, 0.1) is 25.4 Å². The van der Waals surface area contributed by atoms with E-state index in [1.54, 1.807) is 0 Å². The highest BCUT2D eigenvalue weighted by atomic mass is 16.5. The smallest absolute Gasteiger partial charge is 0.305 e. The van der Waals surface area contributed by atoms with Gasteiger partial charge in [-0.15, -0.1) is 0 Å². The number of allylic oxidation sites excluding steroid dienone is 4. The van der Waals surface area contributed by atoms with E-state index in [0.29, 0.717) is 25.9 Å². The molecule has 396 valence electrons. The van der Waals surface area contributed by atoms with Crippen LogP contribution in [-0.4, -0.2) is 47.4 Å². The molecule has 0 bridgehead atoms. The summed E-state index contributed by atoms with van der Waals surface area (Å²) in [5, 5.41) is 23.4. The summed E-state index contributed by atoms with van der Waals surface area (Å²) >= 11 is 0. The van der Waals surface area contributed by atoms with Crippen LogP contribution >= 0.6 is 0 Å². The standard InChI is InChI=1S/C61H117NO5/c1-3-5-7-9-11-13-15-17-18-19-20-21-22-23-24-25-26-30-33-37-41-45-49-53-59(64)58(57-63)62-60(65)54-50-46-42-38-34-31-27-28-32-36-40-44-48-52-56-67-61(66)55-51-47-43-39-35-29-16-14-12-10-8-6-4-2/h8,10,14,16,58-59,63-64H,3-7,9,11-13,15,17-57H2,1-2H3,(H,62,65)/b10-8-,16-14-. The Morgan fingerprint density at radius 2 is 0.776 bits per heavy atom. The number of aliphatic hydroxyl groups is 2. The number of unbranched alkanes of at least 4 members (excludes halogenated alkanes) is 41. The third kappa shape index (κ3) is 53.5. The van der Waals surface area contributed by atoms with Crippen LogP contribution in [0.1, 0.15) is 328 Å². The Kier molecular flexibility index (Phi) is 55.5. The monoisotopic (exact) mass is 944 g/mol. The van der Waals surface area contributed by atoms with E-state index in [1.165, 1.54) is 238 Å². The van der Waals surface area contributed by atoms with E-state index >= 15 is 0 Å². The molecule has 0 saturated heterocycles. The molecule has 2 unspecified atom stereocenters. The third-order valence-electron chi connectivity index (χ3n) is 14.0. The number of rotatable bonds is 56. The molecule has 0 aromatic heterocycles. The van der Waals surface area contributed by atoms with Crippen molar-refractivity contribution in [3.63, 3.8) is 0 Å². The lowest BCUT2D eigenvalue weighted by Gasteiger charge is -2.22. The van der Waals surface area contributed by atoms with Crippen LogP contribution in [0.4, 0.5) is 0 Å². The van der Waals surface area contributed by atoms with Gasteiger partial charge in [0.15, 0.2) is 0 Å². The van der Waals surface area contributed by atoms with E-state index in [9.17, 15) is 19.8 Å². The van der Waals surface area contributed by atoms with Crippen molar-refractivity contribution in [1.29, 1.82) is 0 Å². The van der Waals surface area contributed by atoms with Gasteiger partial charge in [-0.1, -0.05) is 289 Å². The van der Waals surface area contributed by atoms with Gasteiger partial charge in [0.2, 0.25) is 5.91 Å². The van der Waals surface area contributed by atoms with Crippen LogP contribution in [0.3, 0.4) is 0 Å². The minimum Gasteiger partial charge on any atom is -0.466 e. The predicted molar refractivity (Wildman–Crippen MR) is 292 cm³/mol. The van der Waals surface area contributed by atoms with Crippen molar-refractivity contribution < 1.29 is 24.5 Å². The molecule has 0 saturated carbocycles. The Labute approximate surface area is 418 Å². The topological polar surface area (TPSA) is 95.9 Å². The lowest BCUT2D eigenvalue weighted by Crippen LogP contribution is -2.45. The van der Waals surface area contributed by atoms with E-state index in [-0.39, 0.29) is 18.5 Å². The molecule has 0 aliphatic heterocycles. The Morgan fingerprint density at radius 1 is 0.418 bits per heavy atom. The van der Waals surface area contributed by atoms with Gasteiger partial charge >= 0.3 is 5.97 Å². The molecule has 67 heavy (non-hydrogen) atoms. The van der Waals surface area contributed by atoms with Crippen molar-refractivity contribution in [1.82, 2.24) is 5.32 Å². The molecular formula is C61H117NO5. The quantitative estimate of drug-likeness (QED) is 0.0321. The fraction of sp³-hybridized carbons (Fsp3) is 0.902. The highest BCUT2D eigenvalue weighted by Crippen LogP contribution is 2.18. The summed E-state index contributed by atoms with van der Waals surface area (Å²) in [5.41, 5.74) is 0. The molecule has 0 aromatic carbocycles. The van der Waals surface area contributed by atoms with E-state index < -0.39 is 12.1 Å². The molecule has 6 heteroatoms. The lowest BCUT2D eigenvalue weighted by molar-refractivity contribution is -0.143. The van der Waals surface area contributed by atoms with E-state index in [1.807, 2.05) is 0 Å². The van der Waals surface area contributed by atoms with Gasteiger partial charge < -0.3 is 20.3 Å². The summed E-state index contributed by atoms with van der Waals surface area (Å²) < 4.78 is 5.46. The first-order valence-corrected chi connectivity index (χ1v) is 30.1. The van der Waals surface area contributed by atoms with Gasteiger partial charge in [-0.25, -0.2) is 0 Å². The Hall–Kier alpha value is -1.66. The molecule has 0 aliphatic rings. The van der Waals surface area contributed by atoms with E-state index in [0.717, 1.165) is 57.8 Å². The van der Waals surface area contributed by atoms with E-state index in [4.69, 9.17) is 4.74 Å². The molecule has 2 atom stereocenters. The number of aliphatic hydroxyl groups excluding tert-OH is 2. The molecule has 0 aromatic rings. The SMILES string of the molecule is CCC/C=C\C/C=C\CCCCCCCC(=O)OCCCCCCCCCCCCCCCCC(=O)NC(CO)C(O)CCCCCCCCCCCCCCCCCCCCCCCCC. The molecular weight excluding hydrogens is 827 g/mol. The minimum atomic E-state index is -0.673. The Balaban J connectivity index is 3.44. The van der Waals surface area contributed by atoms with Crippen molar-refractivity contribution in [2.75, 3.05) is 13.2 Å². The zero-order valence-electron chi connectivity index (χ0n) is 45.1. The van der Waals surface area contributed by atoms with Gasteiger partial charge in [-0.2, -0.15) is 0 Å². The number of hydrogen-bond donors (Lipinski definition) is 3. The van der Waals surface area contributed by atoms with Crippen LogP contribution in [0.2, 0.25) is 0 Å². The number of amides is 1. The summed E-state index contributed by atoms with van der Waals surface area (Å²) in [6.07, 6.45) is 68.9. The first-order valence-electron chi connectivity index (χ1n) is 30.1. The Bertz CT molecular complexity index is 1040. The largest absolute Gasteiger partial charge is 0.466 e. The summed E-state index contributed by atoms with van der Waals surface area (Å²) in [5.74, 6) is -0.0596. The molecule has 0 heterocycles. The zero-order chi connectivity index (χ0) is 48.6. The highest BCUT2D eigenvalue weighted by Gasteiger charge is 2.20. The second kappa shape index (κ2) is 56.9. The summed E-state index contributed by atoms with van der Waals surface area (Å²) in [6.45, 7) is 4.88. The molecule has 6 nitrogen and oxygen atoms in total. The molecule has 0 fully saturated rings. The number of carbonyl (C=O) groups excluding carboxylic acids is 2. The molecule has 1 amide bonds. The van der Waals surface area contributed by atoms with Gasteiger partial charge in [-0.05, 0) is 51.4 Å². The van der Waals surface area contributed by atoms with Crippen LogP contribution in [0, 0.1) is 0 Å². The molecule has 0 rings (SSSR count). The molecule has 0 aliphatic carbocycles.